The van der Waals surface area contributed by atoms with Crippen molar-refractivity contribution in [2.24, 2.45) is 0 Å². The molecule has 0 bridgehead atoms. The maximum Gasteiger partial charge on any atom is 0.123 e. The Balaban J connectivity index is 2.03. The van der Waals surface area contributed by atoms with Gasteiger partial charge in [0.25, 0.3) is 0 Å². The second-order valence-corrected chi connectivity index (χ2v) is 7.17. The number of halogens is 2. The maximum absolute atomic E-state index is 12.9. The van der Waals surface area contributed by atoms with Crippen molar-refractivity contribution in [2.75, 3.05) is 0 Å². The van der Waals surface area contributed by atoms with E-state index in [2.05, 4.69) is 34.7 Å². The van der Waals surface area contributed by atoms with Crippen LogP contribution in [0.3, 0.4) is 0 Å². The molecule has 0 spiro atoms. The lowest BCUT2D eigenvalue weighted by Crippen LogP contribution is -2.05. The molecular weight excluding hydrogens is 334 g/mol. The summed E-state index contributed by atoms with van der Waals surface area (Å²) in [5, 5.41) is 0. The van der Waals surface area contributed by atoms with E-state index in [1.54, 1.807) is 12.1 Å². The fourth-order valence-corrected chi connectivity index (χ4v) is 4.03. The first-order valence-corrected chi connectivity index (χ1v) is 7.12. The van der Waals surface area contributed by atoms with Crippen LogP contribution >= 0.6 is 33.9 Å². The van der Waals surface area contributed by atoms with E-state index in [9.17, 15) is 4.39 Å². The normalized spacial score (nSPS) is 17.4. The molecule has 1 aliphatic carbocycles. The van der Waals surface area contributed by atoms with E-state index in [-0.39, 0.29) is 11.2 Å². The van der Waals surface area contributed by atoms with Gasteiger partial charge in [0.1, 0.15) is 5.82 Å². The van der Waals surface area contributed by atoms with Crippen LogP contribution in [0.15, 0.2) is 36.4 Å². The predicted octanol–water partition coefficient (Wildman–Crippen LogP) is 4.57. The summed E-state index contributed by atoms with van der Waals surface area (Å²) in [5.41, 5.74) is 1.45. The molecule has 3 rings (SSSR count). The lowest BCUT2D eigenvalue weighted by molar-refractivity contribution is 0.626. The zero-order valence-electron chi connectivity index (χ0n) is 8.54. The third-order valence-corrected chi connectivity index (χ3v) is 5.29. The number of rotatable bonds is 2. The van der Waals surface area contributed by atoms with Gasteiger partial charge in [-0.25, -0.2) is 4.39 Å². The quantitative estimate of drug-likeness (QED) is 0.700. The molecule has 2 aromatic rings. The van der Waals surface area contributed by atoms with Gasteiger partial charge in [0.15, 0.2) is 0 Å². The van der Waals surface area contributed by atoms with E-state index in [4.69, 9.17) is 0 Å². The van der Waals surface area contributed by atoms with Gasteiger partial charge in [-0.05, 0) is 65.3 Å². The van der Waals surface area contributed by atoms with Gasteiger partial charge in [-0.1, -0.05) is 12.1 Å². The predicted molar refractivity (Wildman–Crippen MR) is 73.5 cm³/mol. The largest absolute Gasteiger partial charge is 0.207 e. The summed E-state index contributed by atoms with van der Waals surface area (Å²) in [6.07, 6.45) is 2.38. The maximum atomic E-state index is 12.9. The van der Waals surface area contributed by atoms with Crippen molar-refractivity contribution in [3.63, 3.8) is 0 Å². The number of thiophene rings is 1. The van der Waals surface area contributed by atoms with Crippen LogP contribution in [0, 0.1) is 8.70 Å². The van der Waals surface area contributed by atoms with Gasteiger partial charge in [-0.3, -0.25) is 0 Å². The minimum Gasteiger partial charge on any atom is -0.207 e. The van der Waals surface area contributed by atoms with Crippen molar-refractivity contribution in [3.8, 4) is 0 Å². The van der Waals surface area contributed by atoms with E-state index >= 15 is 0 Å². The molecule has 1 fully saturated rings. The Morgan fingerprint density at radius 3 is 2.25 bits per heavy atom. The van der Waals surface area contributed by atoms with Crippen molar-refractivity contribution in [2.45, 2.75) is 18.3 Å². The van der Waals surface area contributed by atoms with Gasteiger partial charge >= 0.3 is 0 Å². The molecule has 0 radical (unpaired) electrons. The topological polar surface area (TPSA) is 0 Å². The third-order valence-electron chi connectivity index (χ3n) is 3.19. The highest BCUT2D eigenvalue weighted by atomic mass is 127. The smallest absolute Gasteiger partial charge is 0.123 e. The van der Waals surface area contributed by atoms with Crippen molar-refractivity contribution < 1.29 is 4.39 Å². The monoisotopic (exact) mass is 344 g/mol. The van der Waals surface area contributed by atoms with Gasteiger partial charge in [-0.15, -0.1) is 11.3 Å². The van der Waals surface area contributed by atoms with Crippen molar-refractivity contribution in [1.82, 2.24) is 0 Å². The van der Waals surface area contributed by atoms with Crippen LogP contribution in [0.2, 0.25) is 0 Å². The Bertz CT molecular complexity index is 511. The Labute approximate surface area is 112 Å². The first-order chi connectivity index (χ1) is 7.71. The van der Waals surface area contributed by atoms with Crippen LogP contribution in [0.4, 0.5) is 4.39 Å². The molecule has 3 heteroatoms. The van der Waals surface area contributed by atoms with E-state index < -0.39 is 0 Å². The van der Waals surface area contributed by atoms with Crippen LogP contribution in [-0.4, -0.2) is 0 Å². The lowest BCUT2D eigenvalue weighted by atomic mass is 9.94. The van der Waals surface area contributed by atoms with Crippen molar-refractivity contribution in [3.05, 3.63) is 55.5 Å². The summed E-state index contributed by atoms with van der Waals surface area (Å²) in [6, 6.07) is 11.3. The zero-order valence-corrected chi connectivity index (χ0v) is 11.5. The molecule has 16 heavy (non-hydrogen) atoms. The fourth-order valence-electron chi connectivity index (χ4n) is 2.14. The molecule has 0 nitrogen and oxygen atoms in total. The lowest BCUT2D eigenvalue weighted by Gasteiger charge is -2.13. The van der Waals surface area contributed by atoms with E-state index in [0.717, 1.165) is 0 Å². The standard InChI is InChI=1S/C13H10FIS/c14-10-3-1-9(2-4-10)13(7-8-13)11-5-6-12(15)16-11/h1-6H,7-8H2. The zero-order chi connectivity index (χ0) is 11.2. The summed E-state index contributed by atoms with van der Waals surface area (Å²) in [7, 11) is 0. The minimum absolute atomic E-state index is 0.152. The van der Waals surface area contributed by atoms with E-state index in [1.165, 1.54) is 26.2 Å². The highest BCUT2D eigenvalue weighted by molar-refractivity contribution is 14.1. The Morgan fingerprint density at radius 2 is 1.75 bits per heavy atom. The second kappa shape index (κ2) is 3.81. The first kappa shape index (κ1) is 10.7. The average molecular weight is 344 g/mol. The average Bonchev–Trinajstić information content (AvgIpc) is 2.97. The second-order valence-electron chi connectivity index (χ2n) is 4.19. The van der Waals surface area contributed by atoms with Gasteiger partial charge in [0.2, 0.25) is 0 Å². The molecule has 82 valence electrons. The Morgan fingerprint density at radius 1 is 1.06 bits per heavy atom. The molecule has 0 amide bonds. The van der Waals surface area contributed by atoms with E-state index in [0.29, 0.717) is 0 Å². The molecule has 1 saturated carbocycles. The Kier molecular flexibility index (Phi) is 2.55. The van der Waals surface area contributed by atoms with Crippen molar-refractivity contribution in [1.29, 1.82) is 0 Å². The van der Waals surface area contributed by atoms with Crippen LogP contribution in [-0.2, 0) is 5.41 Å². The van der Waals surface area contributed by atoms with Gasteiger partial charge in [0, 0.05) is 10.3 Å². The van der Waals surface area contributed by atoms with Crippen LogP contribution in [0.1, 0.15) is 23.3 Å². The minimum atomic E-state index is -0.152. The summed E-state index contributed by atoms with van der Waals surface area (Å²) in [6.45, 7) is 0. The van der Waals surface area contributed by atoms with Crippen LogP contribution < -0.4 is 0 Å². The molecule has 0 atom stereocenters. The summed E-state index contributed by atoms with van der Waals surface area (Å²) < 4.78 is 14.2. The molecule has 0 saturated heterocycles. The molecule has 1 aliphatic rings. The fraction of sp³-hybridized carbons (Fsp3) is 0.231. The summed E-state index contributed by atoms with van der Waals surface area (Å²) >= 11 is 4.20. The van der Waals surface area contributed by atoms with Crippen molar-refractivity contribution >= 4 is 33.9 Å². The molecule has 1 aromatic heterocycles. The van der Waals surface area contributed by atoms with Crippen LogP contribution in [0.5, 0.6) is 0 Å². The summed E-state index contributed by atoms with van der Waals surface area (Å²) in [5.74, 6) is -0.152. The van der Waals surface area contributed by atoms with Gasteiger partial charge in [-0.2, -0.15) is 0 Å². The number of hydrogen-bond donors (Lipinski definition) is 0. The molecule has 0 unspecified atom stereocenters. The SMILES string of the molecule is Fc1ccc(C2(c3ccc(I)s3)CC2)cc1. The first-order valence-electron chi connectivity index (χ1n) is 5.23. The van der Waals surface area contributed by atoms with Gasteiger partial charge in [0.05, 0.1) is 2.88 Å². The molecule has 0 aliphatic heterocycles. The molecular formula is C13H10FIS. The molecule has 1 heterocycles. The van der Waals surface area contributed by atoms with E-state index in [1.807, 2.05) is 23.5 Å². The third kappa shape index (κ3) is 1.70. The number of hydrogen-bond acceptors (Lipinski definition) is 1. The number of benzene rings is 1. The summed E-state index contributed by atoms with van der Waals surface area (Å²) in [4.78, 5) is 1.42. The highest BCUT2D eigenvalue weighted by Gasteiger charge is 2.46. The van der Waals surface area contributed by atoms with Crippen LogP contribution in [0.25, 0.3) is 0 Å². The molecule has 0 N–H and O–H groups in total. The van der Waals surface area contributed by atoms with Gasteiger partial charge < -0.3 is 0 Å². The molecule has 1 aromatic carbocycles. The highest BCUT2D eigenvalue weighted by Crippen LogP contribution is 2.55. The Hall–Kier alpha value is -0.420.